The number of imide groups is 1. The molecule has 9 heteroatoms. The maximum Gasteiger partial charge on any atom is 0.321 e. The molecular weight excluding hydrogens is 388 g/mol. The summed E-state index contributed by atoms with van der Waals surface area (Å²) < 4.78 is 2.12. The summed E-state index contributed by atoms with van der Waals surface area (Å²) in [5.74, 6) is 0.449. The fraction of sp³-hybridized carbons (Fsp3) is 0.400. The minimum absolute atomic E-state index is 0.0394. The summed E-state index contributed by atoms with van der Waals surface area (Å²) in [6.07, 6.45) is 4.09. The summed E-state index contributed by atoms with van der Waals surface area (Å²) in [7, 11) is 0. The maximum absolute atomic E-state index is 12.4. The van der Waals surface area contributed by atoms with Crippen LogP contribution >= 0.6 is 11.8 Å². The van der Waals surface area contributed by atoms with Gasteiger partial charge in [-0.15, -0.1) is 10.2 Å². The summed E-state index contributed by atoms with van der Waals surface area (Å²) in [6, 6.07) is 7.90. The van der Waals surface area contributed by atoms with Crippen LogP contribution in [0.3, 0.4) is 0 Å². The second kappa shape index (κ2) is 7.90. The highest BCUT2D eigenvalue weighted by molar-refractivity contribution is 8.00. The monoisotopic (exact) mass is 412 g/mol. The molecule has 0 radical (unpaired) electrons. The number of carbonyl (C=O) groups excluding carboxylic acids is 2. The number of nitrogens with one attached hydrogen (secondary N) is 3. The van der Waals surface area contributed by atoms with E-state index in [1.54, 1.807) is 6.92 Å². The number of urea groups is 1. The third kappa shape index (κ3) is 4.14. The van der Waals surface area contributed by atoms with Crippen molar-refractivity contribution in [2.24, 2.45) is 0 Å². The van der Waals surface area contributed by atoms with Crippen LogP contribution in [0, 0.1) is 0 Å². The third-order valence-electron chi connectivity index (χ3n) is 4.71. The molecule has 2 aromatic heterocycles. The number of nitrogens with zero attached hydrogens (tertiary/aromatic N) is 3. The van der Waals surface area contributed by atoms with E-state index < -0.39 is 11.3 Å². The second-order valence-electron chi connectivity index (χ2n) is 7.53. The van der Waals surface area contributed by atoms with E-state index in [2.05, 4.69) is 36.4 Å². The van der Waals surface area contributed by atoms with E-state index in [1.165, 1.54) is 11.8 Å². The van der Waals surface area contributed by atoms with E-state index in [0.29, 0.717) is 11.2 Å². The molecule has 3 amide bonds. The van der Waals surface area contributed by atoms with Crippen LogP contribution in [-0.2, 0) is 4.79 Å². The molecule has 29 heavy (non-hydrogen) atoms. The van der Waals surface area contributed by atoms with Gasteiger partial charge in [0.25, 0.3) is 0 Å². The molecule has 152 valence electrons. The number of fused-ring (bicyclic) bond motifs is 1. The van der Waals surface area contributed by atoms with Crippen molar-refractivity contribution in [3.8, 4) is 11.4 Å². The van der Waals surface area contributed by atoms with Gasteiger partial charge in [-0.3, -0.25) is 14.7 Å². The van der Waals surface area contributed by atoms with Gasteiger partial charge in [-0.1, -0.05) is 30.0 Å². The second-order valence-corrected chi connectivity index (χ2v) is 8.84. The van der Waals surface area contributed by atoms with E-state index in [1.807, 2.05) is 38.2 Å². The number of rotatable bonds is 6. The van der Waals surface area contributed by atoms with Crippen LogP contribution in [0.5, 0.6) is 0 Å². The Kier molecular flexibility index (Phi) is 5.31. The van der Waals surface area contributed by atoms with Crippen LogP contribution in [0.25, 0.3) is 22.3 Å². The molecule has 0 saturated heterocycles. The minimum atomic E-state index is -0.486. The molecule has 8 nitrogen and oxygen atoms in total. The van der Waals surface area contributed by atoms with Gasteiger partial charge in [0.15, 0.2) is 11.0 Å². The standard InChI is InChI=1S/C20H24N6O2S/c1-11(2)22-19(28)23-18(27)12(3)29-20-25-24-17(26(20)13-8-9-13)15-10-21-16-7-5-4-6-14(15)16/h4-7,10-13,21H,8-9H2,1-3H3,(H2,22,23,27,28)/t12-/m0/s1. The lowest BCUT2D eigenvalue weighted by molar-refractivity contribution is -0.119. The predicted octanol–water partition coefficient (Wildman–Crippen LogP) is 3.48. The molecule has 1 saturated carbocycles. The Bertz CT molecular complexity index is 1050. The number of para-hydroxylation sites is 1. The van der Waals surface area contributed by atoms with E-state index in [9.17, 15) is 9.59 Å². The first-order valence-electron chi connectivity index (χ1n) is 9.73. The number of hydrogen-bond acceptors (Lipinski definition) is 5. The number of benzene rings is 1. The molecule has 1 aromatic carbocycles. The normalized spacial score (nSPS) is 14.9. The molecule has 1 atom stereocenters. The van der Waals surface area contributed by atoms with E-state index in [0.717, 1.165) is 35.1 Å². The number of aromatic amines is 1. The number of amides is 3. The largest absolute Gasteiger partial charge is 0.360 e. The van der Waals surface area contributed by atoms with Crippen molar-refractivity contribution in [3.05, 3.63) is 30.5 Å². The molecule has 3 aromatic rings. The topological polar surface area (TPSA) is 105 Å². The number of hydrogen-bond donors (Lipinski definition) is 3. The van der Waals surface area contributed by atoms with Gasteiger partial charge in [-0.25, -0.2) is 4.79 Å². The minimum Gasteiger partial charge on any atom is -0.360 e. The molecule has 3 N–H and O–H groups in total. The van der Waals surface area contributed by atoms with Crippen molar-refractivity contribution in [2.75, 3.05) is 0 Å². The van der Waals surface area contributed by atoms with Crippen LogP contribution in [0.4, 0.5) is 4.79 Å². The number of carbonyl (C=O) groups is 2. The van der Waals surface area contributed by atoms with E-state index in [-0.39, 0.29) is 11.9 Å². The van der Waals surface area contributed by atoms with Crippen molar-refractivity contribution in [1.29, 1.82) is 0 Å². The van der Waals surface area contributed by atoms with Crippen LogP contribution < -0.4 is 10.6 Å². The Morgan fingerprint density at radius 1 is 1.21 bits per heavy atom. The van der Waals surface area contributed by atoms with Crippen LogP contribution in [0.2, 0.25) is 0 Å². The van der Waals surface area contributed by atoms with Crippen LogP contribution in [-0.4, -0.2) is 43.0 Å². The lowest BCUT2D eigenvalue weighted by atomic mass is 10.1. The van der Waals surface area contributed by atoms with Gasteiger partial charge >= 0.3 is 6.03 Å². The van der Waals surface area contributed by atoms with Crippen molar-refractivity contribution in [2.45, 2.75) is 56.1 Å². The van der Waals surface area contributed by atoms with Gasteiger partial charge in [0, 0.05) is 34.7 Å². The van der Waals surface area contributed by atoms with Gasteiger partial charge in [0.05, 0.1) is 5.25 Å². The van der Waals surface area contributed by atoms with Gasteiger partial charge in [-0.2, -0.15) is 0 Å². The first-order chi connectivity index (χ1) is 13.9. The van der Waals surface area contributed by atoms with Gasteiger partial charge in [-0.05, 0) is 39.7 Å². The Morgan fingerprint density at radius 2 is 1.97 bits per heavy atom. The van der Waals surface area contributed by atoms with Crippen LogP contribution in [0.15, 0.2) is 35.6 Å². The molecule has 1 aliphatic rings. The van der Waals surface area contributed by atoms with Crippen molar-refractivity contribution in [1.82, 2.24) is 30.4 Å². The highest BCUT2D eigenvalue weighted by Crippen LogP contribution is 2.42. The molecule has 0 bridgehead atoms. The molecule has 1 fully saturated rings. The smallest absolute Gasteiger partial charge is 0.321 e. The molecule has 1 aliphatic carbocycles. The van der Waals surface area contributed by atoms with Crippen molar-refractivity contribution >= 4 is 34.6 Å². The lowest BCUT2D eigenvalue weighted by Crippen LogP contribution is -2.45. The zero-order chi connectivity index (χ0) is 20.5. The molecule has 0 unspecified atom stereocenters. The predicted molar refractivity (Wildman–Crippen MR) is 113 cm³/mol. The Hall–Kier alpha value is -2.81. The fourth-order valence-electron chi connectivity index (χ4n) is 3.18. The molecule has 2 heterocycles. The fourth-order valence-corrected chi connectivity index (χ4v) is 4.10. The third-order valence-corrected chi connectivity index (χ3v) is 5.77. The van der Waals surface area contributed by atoms with Crippen molar-refractivity contribution < 1.29 is 9.59 Å². The first-order valence-corrected chi connectivity index (χ1v) is 10.6. The molecule has 0 spiro atoms. The highest BCUT2D eigenvalue weighted by atomic mass is 32.2. The average Bonchev–Trinajstić information content (AvgIpc) is 3.28. The van der Waals surface area contributed by atoms with E-state index >= 15 is 0 Å². The Balaban J connectivity index is 1.56. The number of thioether (sulfide) groups is 1. The summed E-state index contributed by atoms with van der Waals surface area (Å²) in [5.41, 5.74) is 2.05. The summed E-state index contributed by atoms with van der Waals surface area (Å²) in [4.78, 5) is 27.5. The highest BCUT2D eigenvalue weighted by Gasteiger charge is 2.32. The van der Waals surface area contributed by atoms with Gasteiger partial charge in [0.1, 0.15) is 0 Å². The first kappa shape index (κ1) is 19.5. The molecule has 4 rings (SSSR count). The average molecular weight is 413 g/mol. The quantitative estimate of drug-likeness (QED) is 0.538. The Morgan fingerprint density at radius 3 is 2.69 bits per heavy atom. The van der Waals surface area contributed by atoms with Crippen LogP contribution in [0.1, 0.15) is 39.7 Å². The molecular formula is C20H24N6O2S. The maximum atomic E-state index is 12.4. The zero-order valence-electron chi connectivity index (χ0n) is 16.6. The number of aromatic nitrogens is 4. The van der Waals surface area contributed by atoms with Gasteiger partial charge < -0.3 is 10.3 Å². The summed E-state index contributed by atoms with van der Waals surface area (Å²) >= 11 is 1.32. The van der Waals surface area contributed by atoms with E-state index in [4.69, 9.17) is 0 Å². The van der Waals surface area contributed by atoms with Gasteiger partial charge in [0.2, 0.25) is 5.91 Å². The Labute approximate surface area is 172 Å². The SMILES string of the molecule is CC(C)NC(=O)NC(=O)[C@H](C)Sc1nnc(-c2c[nH]c3ccccc23)n1C1CC1. The molecule has 0 aliphatic heterocycles. The zero-order valence-corrected chi connectivity index (χ0v) is 17.4. The summed E-state index contributed by atoms with van der Waals surface area (Å²) in [5, 5.41) is 15.2. The lowest BCUT2D eigenvalue weighted by Gasteiger charge is -2.14. The number of H-pyrrole nitrogens is 1. The van der Waals surface area contributed by atoms with Crippen molar-refractivity contribution in [3.63, 3.8) is 0 Å². The summed E-state index contributed by atoms with van der Waals surface area (Å²) in [6.45, 7) is 5.44.